The number of carboxylic acid groups (broad SMARTS) is 1. The first-order valence-corrected chi connectivity index (χ1v) is 8.52. The molecular weight excluding hydrogens is 325 g/mol. The van der Waals surface area contributed by atoms with Crippen molar-refractivity contribution in [3.8, 4) is 0 Å². The standard InChI is InChI=1S/C18H20FN3O3/c1-10-15-12(8-14(19)16(10)21-6-4-20-5-7-21)17(23)13(18(24)25)9-22(15)11-2-3-11/h2,9,12,20H,3-8H2,1H3,(H,24,25). The van der Waals surface area contributed by atoms with Crippen LogP contribution in [0.2, 0.25) is 0 Å². The summed E-state index contributed by atoms with van der Waals surface area (Å²) < 4.78 is 14.9. The molecule has 1 saturated heterocycles. The molecule has 4 rings (SSSR count). The number of piperazine rings is 1. The molecule has 2 heterocycles. The average molecular weight is 345 g/mol. The van der Waals surface area contributed by atoms with E-state index >= 15 is 0 Å². The van der Waals surface area contributed by atoms with E-state index in [0.29, 0.717) is 18.8 Å². The fraction of sp³-hybridized carbons (Fsp3) is 0.444. The predicted molar refractivity (Wildman–Crippen MR) is 88.6 cm³/mol. The third-order valence-electron chi connectivity index (χ3n) is 5.17. The Balaban J connectivity index is 1.81. The molecular formula is C18H20FN3O3. The largest absolute Gasteiger partial charge is 0.478 e. The minimum Gasteiger partial charge on any atom is -0.478 e. The normalized spacial score (nSPS) is 26.5. The van der Waals surface area contributed by atoms with Crippen LogP contribution in [-0.4, -0.2) is 52.8 Å². The van der Waals surface area contributed by atoms with Gasteiger partial charge in [0.15, 0.2) is 5.78 Å². The third kappa shape index (κ3) is 2.59. The van der Waals surface area contributed by atoms with Gasteiger partial charge in [0.05, 0.1) is 11.6 Å². The van der Waals surface area contributed by atoms with Gasteiger partial charge in [0.1, 0.15) is 11.4 Å². The van der Waals surface area contributed by atoms with Crippen LogP contribution in [0.5, 0.6) is 0 Å². The highest BCUT2D eigenvalue weighted by Crippen LogP contribution is 2.45. The van der Waals surface area contributed by atoms with Crippen molar-refractivity contribution in [1.82, 2.24) is 15.1 Å². The number of carboxylic acids is 1. The van der Waals surface area contributed by atoms with Gasteiger partial charge in [-0.25, -0.2) is 9.18 Å². The molecule has 0 aromatic heterocycles. The Kier molecular flexibility index (Phi) is 3.76. The van der Waals surface area contributed by atoms with Crippen LogP contribution in [0.3, 0.4) is 0 Å². The monoisotopic (exact) mass is 345 g/mol. The Bertz CT molecular complexity index is 787. The van der Waals surface area contributed by atoms with Crippen molar-refractivity contribution in [3.05, 3.63) is 46.3 Å². The molecule has 0 aromatic rings. The van der Waals surface area contributed by atoms with E-state index in [0.717, 1.165) is 36.5 Å². The van der Waals surface area contributed by atoms with Gasteiger partial charge in [0, 0.05) is 56.6 Å². The van der Waals surface area contributed by atoms with E-state index in [1.54, 1.807) is 4.90 Å². The number of rotatable bonds is 3. The van der Waals surface area contributed by atoms with Crippen molar-refractivity contribution >= 4 is 11.8 Å². The number of ketones is 1. The van der Waals surface area contributed by atoms with Crippen LogP contribution in [0.1, 0.15) is 19.8 Å². The van der Waals surface area contributed by atoms with Crippen LogP contribution in [0, 0.1) is 5.92 Å². The molecule has 0 amide bonds. The lowest BCUT2D eigenvalue weighted by Gasteiger charge is -2.40. The Morgan fingerprint density at radius 1 is 1.36 bits per heavy atom. The van der Waals surface area contributed by atoms with E-state index in [4.69, 9.17) is 0 Å². The fourth-order valence-corrected chi connectivity index (χ4v) is 3.91. The molecule has 0 aromatic carbocycles. The van der Waals surface area contributed by atoms with Crippen LogP contribution >= 0.6 is 0 Å². The summed E-state index contributed by atoms with van der Waals surface area (Å²) in [4.78, 5) is 27.9. The zero-order valence-electron chi connectivity index (χ0n) is 14.0. The van der Waals surface area contributed by atoms with E-state index < -0.39 is 17.7 Å². The molecule has 6 nitrogen and oxygen atoms in total. The van der Waals surface area contributed by atoms with Gasteiger partial charge in [-0.3, -0.25) is 4.79 Å². The van der Waals surface area contributed by atoms with Crippen LogP contribution in [0.4, 0.5) is 4.39 Å². The molecule has 1 fully saturated rings. The number of hydrogen-bond donors (Lipinski definition) is 2. The van der Waals surface area contributed by atoms with Gasteiger partial charge in [-0.15, -0.1) is 0 Å². The summed E-state index contributed by atoms with van der Waals surface area (Å²) in [7, 11) is 0. The Labute approximate surface area is 145 Å². The molecule has 4 aliphatic rings. The number of carbonyl (C=O) groups is 2. The predicted octanol–water partition coefficient (Wildman–Crippen LogP) is 1.51. The average Bonchev–Trinajstić information content (AvgIpc) is 3.41. The lowest BCUT2D eigenvalue weighted by molar-refractivity contribution is -0.135. The van der Waals surface area contributed by atoms with Crippen LogP contribution in [-0.2, 0) is 9.59 Å². The summed E-state index contributed by atoms with van der Waals surface area (Å²) in [5.74, 6) is -2.85. The van der Waals surface area contributed by atoms with Crippen molar-refractivity contribution in [2.24, 2.45) is 5.92 Å². The quantitative estimate of drug-likeness (QED) is 0.756. The number of carbonyl (C=O) groups excluding carboxylic acids is 1. The Morgan fingerprint density at radius 2 is 2.04 bits per heavy atom. The summed E-state index contributed by atoms with van der Waals surface area (Å²) in [5.41, 5.74) is 2.73. The van der Waals surface area contributed by atoms with Crippen molar-refractivity contribution in [2.75, 3.05) is 26.2 Å². The Morgan fingerprint density at radius 3 is 2.64 bits per heavy atom. The van der Waals surface area contributed by atoms with E-state index in [1.165, 1.54) is 6.20 Å². The number of halogens is 1. The molecule has 7 heteroatoms. The van der Waals surface area contributed by atoms with E-state index in [9.17, 15) is 19.1 Å². The summed E-state index contributed by atoms with van der Waals surface area (Å²) in [5, 5.41) is 12.6. The lowest BCUT2D eigenvalue weighted by Crippen LogP contribution is -2.45. The van der Waals surface area contributed by atoms with E-state index in [2.05, 4.69) is 5.32 Å². The van der Waals surface area contributed by atoms with Crippen molar-refractivity contribution in [2.45, 2.75) is 19.8 Å². The van der Waals surface area contributed by atoms with Gasteiger partial charge in [-0.1, -0.05) is 6.08 Å². The van der Waals surface area contributed by atoms with Crippen LogP contribution < -0.4 is 5.32 Å². The number of fused-ring (bicyclic) bond motifs is 1. The zero-order chi connectivity index (χ0) is 17.7. The summed E-state index contributed by atoms with van der Waals surface area (Å²) in [6, 6.07) is 0. The molecule has 1 unspecified atom stereocenters. The van der Waals surface area contributed by atoms with Gasteiger partial charge in [0.25, 0.3) is 0 Å². The topological polar surface area (TPSA) is 72.9 Å². The SMILES string of the molecule is CC1=C2C(CC(F)=C1N1CCNCC1)C(=O)C(C(=O)O)=CN2C1=CC1. The molecule has 0 bridgehead atoms. The molecule has 0 spiro atoms. The molecule has 132 valence electrons. The van der Waals surface area contributed by atoms with Crippen LogP contribution in [0.15, 0.2) is 46.3 Å². The minimum atomic E-state index is -1.26. The molecule has 2 aliphatic heterocycles. The lowest BCUT2D eigenvalue weighted by atomic mass is 9.81. The smallest absolute Gasteiger partial charge is 0.340 e. The highest BCUT2D eigenvalue weighted by molar-refractivity contribution is 6.19. The molecule has 0 radical (unpaired) electrons. The number of allylic oxidation sites excluding steroid dienone is 5. The number of nitrogens with one attached hydrogen (secondary N) is 1. The molecule has 2 N–H and O–H groups in total. The molecule has 0 saturated carbocycles. The number of nitrogens with zero attached hydrogens (tertiary/aromatic N) is 2. The second-order valence-corrected chi connectivity index (χ2v) is 6.74. The maximum Gasteiger partial charge on any atom is 0.340 e. The van der Waals surface area contributed by atoms with E-state index in [-0.39, 0.29) is 17.8 Å². The van der Waals surface area contributed by atoms with Gasteiger partial charge in [-0.2, -0.15) is 0 Å². The second-order valence-electron chi connectivity index (χ2n) is 6.74. The van der Waals surface area contributed by atoms with Crippen LogP contribution in [0.25, 0.3) is 0 Å². The zero-order valence-corrected chi connectivity index (χ0v) is 14.0. The number of hydrogen-bond acceptors (Lipinski definition) is 5. The first kappa shape index (κ1) is 16.1. The maximum atomic E-state index is 14.9. The number of aliphatic carboxylic acids is 1. The summed E-state index contributed by atoms with van der Waals surface area (Å²) in [6.07, 6.45) is 4.06. The number of Topliss-reactive ketones (excluding diaryl/α,β-unsaturated/α-hetero) is 1. The highest BCUT2D eigenvalue weighted by atomic mass is 19.1. The first-order valence-electron chi connectivity index (χ1n) is 8.52. The van der Waals surface area contributed by atoms with Gasteiger partial charge in [0.2, 0.25) is 0 Å². The maximum absolute atomic E-state index is 14.9. The van der Waals surface area contributed by atoms with Gasteiger partial charge in [-0.05, 0) is 12.5 Å². The third-order valence-corrected chi connectivity index (χ3v) is 5.17. The van der Waals surface area contributed by atoms with E-state index in [1.807, 2.05) is 17.9 Å². The highest BCUT2D eigenvalue weighted by Gasteiger charge is 2.44. The molecule has 25 heavy (non-hydrogen) atoms. The van der Waals surface area contributed by atoms with Crippen molar-refractivity contribution in [3.63, 3.8) is 0 Å². The summed E-state index contributed by atoms with van der Waals surface area (Å²) in [6.45, 7) is 4.84. The van der Waals surface area contributed by atoms with Gasteiger partial charge >= 0.3 is 5.97 Å². The van der Waals surface area contributed by atoms with Crippen molar-refractivity contribution in [1.29, 1.82) is 0 Å². The summed E-state index contributed by atoms with van der Waals surface area (Å²) >= 11 is 0. The van der Waals surface area contributed by atoms with Gasteiger partial charge < -0.3 is 20.2 Å². The first-order chi connectivity index (χ1) is 12.0. The Hall–Kier alpha value is -2.41. The second kappa shape index (κ2) is 5.84. The minimum absolute atomic E-state index is 0.0703. The fourth-order valence-electron chi connectivity index (χ4n) is 3.91. The molecule has 2 aliphatic carbocycles. The molecule has 1 atom stereocenters. The van der Waals surface area contributed by atoms with Crippen molar-refractivity contribution < 1.29 is 19.1 Å².